The molecule has 0 aliphatic rings. The number of hydrogen-bond donors (Lipinski definition) is 2. The van der Waals surface area contributed by atoms with E-state index in [0.29, 0.717) is 11.5 Å². The van der Waals surface area contributed by atoms with E-state index >= 15 is 0 Å². The Labute approximate surface area is 94.7 Å². The number of aromatic nitrogens is 1. The molecule has 1 aromatic heterocycles. The lowest BCUT2D eigenvalue weighted by Gasteiger charge is -2.00. The van der Waals surface area contributed by atoms with E-state index in [0.717, 1.165) is 11.3 Å². The minimum absolute atomic E-state index is 0.148. The summed E-state index contributed by atoms with van der Waals surface area (Å²) in [5.41, 5.74) is -0.146. The molecule has 0 bridgehead atoms. The second-order valence-electron chi connectivity index (χ2n) is 2.47. The average molecular weight is 243 g/mol. The Morgan fingerprint density at radius 1 is 1.81 bits per heavy atom. The number of oxime groups is 1. The lowest BCUT2D eigenvalue weighted by atomic mass is 10.3. The fraction of sp³-hybridized carbons (Fsp3) is 0.250. The maximum absolute atomic E-state index is 11.3. The van der Waals surface area contributed by atoms with Crippen molar-refractivity contribution in [3.8, 4) is 0 Å². The van der Waals surface area contributed by atoms with Gasteiger partial charge in [-0.25, -0.2) is 9.78 Å². The normalized spacial score (nSPS) is 10.9. The highest BCUT2D eigenvalue weighted by Crippen LogP contribution is 2.15. The third kappa shape index (κ3) is 2.76. The van der Waals surface area contributed by atoms with E-state index in [4.69, 9.17) is 5.21 Å². The fourth-order valence-electron chi connectivity index (χ4n) is 0.895. The van der Waals surface area contributed by atoms with E-state index in [9.17, 15) is 9.59 Å². The van der Waals surface area contributed by atoms with Crippen LogP contribution in [0, 0.1) is 0 Å². The zero-order valence-electron chi connectivity index (χ0n) is 8.34. The maximum Gasteiger partial charge on any atom is 0.362 e. The number of rotatable bonds is 5. The summed E-state index contributed by atoms with van der Waals surface area (Å²) in [6.07, 6.45) is 0.461. The fourth-order valence-corrected chi connectivity index (χ4v) is 1.55. The number of nitrogens with zero attached hydrogens (tertiary/aromatic N) is 2. The third-order valence-electron chi connectivity index (χ3n) is 1.50. The molecule has 0 spiro atoms. The standard InChI is InChI=1S/C8H9N3O4S/c1-2-15-7(13)6(11-14)5-3-16-8(10-5)9-4-12/h3-4,14H,2H2,1H3,(H,9,10,12)/b11-6-. The third-order valence-corrected chi connectivity index (χ3v) is 2.27. The molecule has 7 nitrogen and oxygen atoms in total. The molecule has 0 fully saturated rings. The molecule has 0 saturated heterocycles. The van der Waals surface area contributed by atoms with E-state index in [2.05, 4.69) is 20.2 Å². The Kier molecular flexibility index (Phi) is 4.40. The number of ether oxygens (including phenoxy) is 1. The lowest BCUT2D eigenvalue weighted by molar-refractivity contribution is -0.135. The van der Waals surface area contributed by atoms with E-state index in [1.165, 1.54) is 5.38 Å². The van der Waals surface area contributed by atoms with Gasteiger partial charge >= 0.3 is 5.97 Å². The van der Waals surface area contributed by atoms with Crippen LogP contribution in [0.4, 0.5) is 5.13 Å². The van der Waals surface area contributed by atoms with E-state index in [1.807, 2.05) is 0 Å². The van der Waals surface area contributed by atoms with Gasteiger partial charge < -0.3 is 15.3 Å². The van der Waals surface area contributed by atoms with Gasteiger partial charge in [0.25, 0.3) is 0 Å². The van der Waals surface area contributed by atoms with Crippen molar-refractivity contribution in [3.63, 3.8) is 0 Å². The van der Waals surface area contributed by atoms with Crippen LogP contribution < -0.4 is 5.32 Å². The lowest BCUT2D eigenvalue weighted by Crippen LogP contribution is -2.19. The SMILES string of the molecule is CCOC(=O)/C(=N\O)c1csc(NC=O)n1. The number of carbonyl (C=O) groups excluding carboxylic acids is 2. The zero-order valence-corrected chi connectivity index (χ0v) is 9.15. The van der Waals surface area contributed by atoms with Gasteiger partial charge in [-0.05, 0) is 6.92 Å². The molecular formula is C8H9N3O4S. The van der Waals surface area contributed by atoms with Crippen molar-refractivity contribution in [1.29, 1.82) is 0 Å². The minimum atomic E-state index is -0.770. The largest absolute Gasteiger partial charge is 0.461 e. The van der Waals surface area contributed by atoms with Crippen LogP contribution in [0.25, 0.3) is 0 Å². The molecule has 0 unspecified atom stereocenters. The predicted molar refractivity (Wildman–Crippen MR) is 56.8 cm³/mol. The van der Waals surface area contributed by atoms with Crippen molar-refractivity contribution in [2.75, 3.05) is 11.9 Å². The number of anilines is 1. The van der Waals surface area contributed by atoms with Gasteiger partial charge in [0.1, 0.15) is 5.69 Å². The molecule has 1 rings (SSSR count). The van der Waals surface area contributed by atoms with E-state index < -0.39 is 5.97 Å². The highest BCUT2D eigenvalue weighted by Gasteiger charge is 2.19. The van der Waals surface area contributed by atoms with E-state index in [1.54, 1.807) is 6.92 Å². The summed E-state index contributed by atoms with van der Waals surface area (Å²) < 4.78 is 4.66. The van der Waals surface area contributed by atoms with Gasteiger partial charge in [0.05, 0.1) is 6.61 Å². The van der Waals surface area contributed by atoms with Crippen molar-refractivity contribution < 1.29 is 19.5 Å². The van der Waals surface area contributed by atoms with Crippen molar-refractivity contribution in [2.24, 2.45) is 5.16 Å². The summed E-state index contributed by atoms with van der Waals surface area (Å²) in [5.74, 6) is -0.770. The number of amides is 1. The molecular weight excluding hydrogens is 234 g/mol. The molecule has 1 amide bonds. The Hall–Kier alpha value is -1.96. The molecule has 0 aromatic carbocycles. The first-order valence-corrected chi connectivity index (χ1v) is 5.16. The molecule has 0 saturated carbocycles. The van der Waals surface area contributed by atoms with E-state index in [-0.39, 0.29) is 18.0 Å². The second-order valence-corrected chi connectivity index (χ2v) is 3.33. The number of thiazole rings is 1. The van der Waals surface area contributed by atoms with Crippen LogP contribution >= 0.6 is 11.3 Å². The second kappa shape index (κ2) is 5.81. The van der Waals surface area contributed by atoms with Gasteiger partial charge in [0.2, 0.25) is 12.1 Å². The van der Waals surface area contributed by atoms with Gasteiger partial charge in [0, 0.05) is 5.38 Å². The minimum Gasteiger partial charge on any atom is -0.461 e. The molecule has 0 aliphatic heterocycles. The van der Waals surface area contributed by atoms with Gasteiger partial charge in [0.15, 0.2) is 5.13 Å². The summed E-state index contributed by atoms with van der Waals surface area (Å²) in [6, 6.07) is 0. The molecule has 1 heterocycles. The number of carbonyl (C=O) groups is 2. The molecule has 16 heavy (non-hydrogen) atoms. The van der Waals surface area contributed by atoms with Crippen molar-refractivity contribution in [1.82, 2.24) is 4.98 Å². The van der Waals surface area contributed by atoms with Crippen LogP contribution in [0.1, 0.15) is 12.6 Å². The quantitative estimate of drug-likeness (QED) is 0.257. The van der Waals surface area contributed by atoms with Gasteiger partial charge in [-0.3, -0.25) is 4.79 Å². The zero-order chi connectivity index (χ0) is 12.0. The Bertz CT molecular complexity index is 415. The first-order chi connectivity index (χ1) is 7.72. The molecule has 86 valence electrons. The molecule has 0 aliphatic carbocycles. The molecule has 0 radical (unpaired) electrons. The smallest absolute Gasteiger partial charge is 0.362 e. The van der Waals surface area contributed by atoms with Crippen molar-refractivity contribution in [2.45, 2.75) is 6.92 Å². The number of hydrogen-bond acceptors (Lipinski definition) is 7. The maximum atomic E-state index is 11.3. The van der Waals surface area contributed by atoms with Gasteiger partial charge in [-0.15, -0.1) is 11.3 Å². The summed E-state index contributed by atoms with van der Waals surface area (Å²) in [5, 5.41) is 15.6. The first-order valence-electron chi connectivity index (χ1n) is 4.28. The molecule has 2 N–H and O–H groups in total. The van der Waals surface area contributed by atoms with Crippen LogP contribution in [0.2, 0.25) is 0 Å². The highest BCUT2D eigenvalue weighted by atomic mass is 32.1. The summed E-state index contributed by atoms with van der Waals surface area (Å²) >= 11 is 1.10. The number of esters is 1. The average Bonchev–Trinajstić information content (AvgIpc) is 2.68. The van der Waals surface area contributed by atoms with Crippen LogP contribution in [-0.2, 0) is 14.3 Å². The first kappa shape index (κ1) is 12.1. The monoisotopic (exact) mass is 243 g/mol. The van der Waals surface area contributed by atoms with Gasteiger partial charge in [-0.2, -0.15) is 0 Å². The predicted octanol–water partition coefficient (Wildman–Crippen LogP) is 0.453. The van der Waals surface area contributed by atoms with Crippen LogP contribution in [0.3, 0.4) is 0 Å². The Morgan fingerprint density at radius 3 is 3.12 bits per heavy atom. The highest BCUT2D eigenvalue weighted by molar-refractivity contribution is 7.14. The van der Waals surface area contributed by atoms with Crippen molar-refractivity contribution in [3.05, 3.63) is 11.1 Å². The molecule has 1 aromatic rings. The topological polar surface area (TPSA) is 101 Å². The molecule has 8 heteroatoms. The Balaban J connectivity index is 2.87. The van der Waals surface area contributed by atoms with Crippen LogP contribution in [-0.4, -0.2) is 34.9 Å². The van der Waals surface area contributed by atoms with Gasteiger partial charge in [-0.1, -0.05) is 5.16 Å². The number of nitrogens with one attached hydrogen (secondary N) is 1. The van der Waals surface area contributed by atoms with Crippen molar-refractivity contribution >= 4 is 34.6 Å². The van der Waals surface area contributed by atoms with Crippen LogP contribution in [0.15, 0.2) is 10.5 Å². The summed E-state index contributed by atoms with van der Waals surface area (Å²) in [6.45, 7) is 1.80. The summed E-state index contributed by atoms with van der Waals surface area (Å²) in [4.78, 5) is 25.3. The Morgan fingerprint density at radius 2 is 2.56 bits per heavy atom. The summed E-state index contributed by atoms with van der Waals surface area (Å²) in [7, 11) is 0. The molecule has 0 atom stereocenters. The van der Waals surface area contributed by atoms with Crippen LogP contribution in [0.5, 0.6) is 0 Å².